The summed E-state index contributed by atoms with van der Waals surface area (Å²) in [5.74, 6) is 0.215. The Morgan fingerprint density at radius 2 is 2.22 bits per heavy atom. The van der Waals surface area contributed by atoms with Crippen LogP contribution in [-0.4, -0.2) is 76.4 Å². The molecule has 2 aliphatic rings. The van der Waals surface area contributed by atoms with Crippen LogP contribution in [0.2, 0.25) is 0 Å². The number of hydrogen-bond acceptors (Lipinski definition) is 5. The van der Waals surface area contributed by atoms with Gasteiger partial charge in [-0.25, -0.2) is 4.98 Å². The van der Waals surface area contributed by atoms with Crippen molar-refractivity contribution in [3.8, 4) is 0 Å². The van der Waals surface area contributed by atoms with E-state index < -0.39 is 0 Å². The Balaban J connectivity index is 1.62. The van der Waals surface area contributed by atoms with Gasteiger partial charge in [0, 0.05) is 45.2 Å². The van der Waals surface area contributed by atoms with Crippen LogP contribution in [0.4, 0.5) is 0 Å². The highest BCUT2D eigenvalue weighted by atomic mass is 16.5. The van der Waals surface area contributed by atoms with Gasteiger partial charge in [-0.1, -0.05) is 6.08 Å². The highest BCUT2D eigenvalue weighted by Gasteiger charge is 2.39. The molecule has 23 heavy (non-hydrogen) atoms. The zero-order chi connectivity index (χ0) is 16.3. The van der Waals surface area contributed by atoms with Crippen molar-refractivity contribution in [1.82, 2.24) is 24.6 Å². The summed E-state index contributed by atoms with van der Waals surface area (Å²) < 4.78 is 7.40. The first-order chi connectivity index (χ1) is 11.1. The fourth-order valence-electron chi connectivity index (χ4n) is 3.49. The van der Waals surface area contributed by atoms with Gasteiger partial charge in [0.1, 0.15) is 6.33 Å². The van der Waals surface area contributed by atoms with E-state index in [4.69, 9.17) is 4.74 Å². The molecule has 7 nitrogen and oxygen atoms in total. The summed E-state index contributed by atoms with van der Waals surface area (Å²) in [5.41, 5.74) is 0.147. The van der Waals surface area contributed by atoms with Gasteiger partial charge in [0.2, 0.25) is 5.82 Å². The topological polar surface area (TPSA) is 63.5 Å². The molecule has 3 heterocycles. The zero-order valence-corrected chi connectivity index (χ0v) is 13.8. The van der Waals surface area contributed by atoms with Crippen molar-refractivity contribution >= 4 is 5.91 Å². The molecule has 0 N–H and O–H groups in total. The van der Waals surface area contributed by atoms with Crippen LogP contribution in [-0.2, 0) is 11.8 Å². The lowest BCUT2D eigenvalue weighted by Gasteiger charge is -2.42. The van der Waals surface area contributed by atoms with E-state index in [-0.39, 0.29) is 17.1 Å². The maximum Gasteiger partial charge on any atom is 0.293 e. The number of piperidine rings is 1. The van der Waals surface area contributed by atoms with Crippen LogP contribution in [0.5, 0.6) is 0 Å². The Kier molecular flexibility index (Phi) is 4.77. The van der Waals surface area contributed by atoms with Crippen LogP contribution in [0, 0.1) is 5.41 Å². The monoisotopic (exact) mass is 319 g/mol. The first kappa shape index (κ1) is 16.1. The van der Waals surface area contributed by atoms with E-state index in [1.807, 2.05) is 11.0 Å². The fraction of sp³-hybridized carbons (Fsp3) is 0.688. The van der Waals surface area contributed by atoms with E-state index in [2.05, 4.69) is 21.6 Å². The SMILES string of the molecule is C=CCN1CCOCC2(CCN(C(=O)c3ncn(C)n3)CC2)C1. The third kappa shape index (κ3) is 3.61. The summed E-state index contributed by atoms with van der Waals surface area (Å²) in [4.78, 5) is 20.8. The zero-order valence-electron chi connectivity index (χ0n) is 13.8. The highest BCUT2D eigenvalue weighted by Crippen LogP contribution is 2.34. The standard InChI is InChI=1S/C16H25N5O2/c1-3-6-20-9-10-23-12-16(11-20)4-7-21(8-5-16)15(22)14-17-13-19(2)18-14/h3,13H,1,4-12H2,2H3. The summed E-state index contributed by atoms with van der Waals surface area (Å²) in [6, 6.07) is 0. The molecule has 1 amide bonds. The number of aromatic nitrogens is 3. The van der Waals surface area contributed by atoms with Crippen molar-refractivity contribution in [2.24, 2.45) is 12.5 Å². The summed E-state index contributed by atoms with van der Waals surface area (Å²) >= 11 is 0. The Bertz CT molecular complexity index is 563. The number of ether oxygens (including phenoxy) is 1. The molecule has 0 aliphatic carbocycles. The van der Waals surface area contributed by atoms with Gasteiger partial charge >= 0.3 is 0 Å². The van der Waals surface area contributed by atoms with Crippen LogP contribution in [0.1, 0.15) is 23.5 Å². The lowest BCUT2D eigenvalue weighted by atomic mass is 9.78. The van der Waals surface area contributed by atoms with Crippen LogP contribution in [0.3, 0.4) is 0 Å². The number of hydrogen-bond donors (Lipinski definition) is 0. The Morgan fingerprint density at radius 3 is 2.87 bits per heavy atom. The van der Waals surface area contributed by atoms with Gasteiger partial charge in [-0.05, 0) is 12.8 Å². The number of aryl methyl sites for hydroxylation is 1. The summed E-state index contributed by atoms with van der Waals surface area (Å²) in [6.07, 6.45) is 5.42. The van der Waals surface area contributed by atoms with Crippen molar-refractivity contribution in [2.75, 3.05) is 45.9 Å². The maximum atomic E-state index is 12.5. The van der Waals surface area contributed by atoms with E-state index in [9.17, 15) is 4.79 Å². The van der Waals surface area contributed by atoms with E-state index in [1.165, 1.54) is 0 Å². The Hall–Kier alpha value is -1.73. The number of amides is 1. The van der Waals surface area contributed by atoms with Crippen molar-refractivity contribution < 1.29 is 9.53 Å². The number of nitrogens with zero attached hydrogens (tertiary/aromatic N) is 5. The summed E-state index contributed by atoms with van der Waals surface area (Å²) in [5, 5.41) is 4.11. The fourth-order valence-corrected chi connectivity index (χ4v) is 3.49. The van der Waals surface area contributed by atoms with Crippen LogP contribution >= 0.6 is 0 Å². The molecule has 2 saturated heterocycles. The largest absolute Gasteiger partial charge is 0.379 e. The van der Waals surface area contributed by atoms with Gasteiger partial charge < -0.3 is 9.64 Å². The second-order valence-corrected chi connectivity index (χ2v) is 6.61. The smallest absolute Gasteiger partial charge is 0.293 e. The van der Waals surface area contributed by atoms with Crippen LogP contribution < -0.4 is 0 Å². The number of carbonyl (C=O) groups is 1. The molecule has 2 fully saturated rings. The van der Waals surface area contributed by atoms with Crippen LogP contribution in [0.15, 0.2) is 19.0 Å². The molecular formula is C16H25N5O2. The lowest BCUT2D eigenvalue weighted by Crippen LogP contribution is -2.49. The van der Waals surface area contributed by atoms with Crippen molar-refractivity contribution in [2.45, 2.75) is 12.8 Å². The average molecular weight is 319 g/mol. The quantitative estimate of drug-likeness (QED) is 0.762. The van der Waals surface area contributed by atoms with Crippen molar-refractivity contribution in [1.29, 1.82) is 0 Å². The van der Waals surface area contributed by atoms with Crippen LogP contribution in [0.25, 0.3) is 0 Å². The molecule has 0 unspecified atom stereocenters. The molecule has 0 atom stereocenters. The molecule has 1 spiro atoms. The molecule has 7 heteroatoms. The molecule has 0 saturated carbocycles. The Morgan fingerprint density at radius 1 is 1.43 bits per heavy atom. The predicted octanol–water partition coefficient (Wildman–Crippen LogP) is 0.556. The molecule has 0 aromatic carbocycles. The molecule has 126 valence electrons. The summed E-state index contributed by atoms with van der Waals surface area (Å²) in [7, 11) is 1.77. The first-order valence-electron chi connectivity index (χ1n) is 8.18. The van der Waals surface area contributed by atoms with E-state index in [1.54, 1.807) is 18.1 Å². The lowest BCUT2D eigenvalue weighted by molar-refractivity contribution is 0.0151. The first-order valence-corrected chi connectivity index (χ1v) is 8.18. The highest BCUT2D eigenvalue weighted by molar-refractivity contribution is 5.90. The third-order valence-electron chi connectivity index (χ3n) is 4.81. The van der Waals surface area contributed by atoms with Gasteiger partial charge in [-0.15, -0.1) is 11.7 Å². The second-order valence-electron chi connectivity index (χ2n) is 6.61. The molecule has 2 aliphatic heterocycles. The second kappa shape index (κ2) is 6.80. The van der Waals surface area contributed by atoms with Gasteiger partial charge in [0.15, 0.2) is 0 Å². The van der Waals surface area contributed by atoms with E-state index >= 15 is 0 Å². The van der Waals surface area contributed by atoms with Gasteiger partial charge in [0.25, 0.3) is 5.91 Å². The Labute approximate surface area is 136 Å². The molecule has 1 aromatic rings. The third-order valence-corrected chi connectivity index (χ3v) is 4.81. The minimum absolute atomic E-state index is 0.0714. The van der Waals surface area contributed by atoms with Gasteiger partial charge in [-0.2, -0.15) is 0 Å². The average Bonchev–Trinajstić information content (AvgIpc) is 2.89. The maximum absolute atomic E-state index is 12.5. The molecular weight excluding hydrogens is 294 g/mol. The van der Waals surface area contributed by atoms with Crippen molar-refractivity contribution in [3.05, 3.63) is 24.8 Å². The molecule has 1 aromatic heterocycles. The summed E-state index contributed by atoms with van der Waals surface area (Å²) in [6.45, 7) is 9.74. The van der Waals surface area contributed by atoms with Crippen molar-refractivity contribution in [3.63, 3.8) is 0 Å². The normalized spacial score (nSPS) is 22.0. The van der Waals surface area contributed by atoms with Gasteiger partial charge in [-0.3, -0.25) is 14.4 Å². The van der Waals surface area contributed by atoms with E-state index in [0.717, 1.165) is 58.8 Å². The predicted molar refractivity (Wildman–Crippen MR) is 86.0 cm³/mol. The van der Waals surface area contributed by atoms with Gasteiger partial charge in [0.05, 0.1) is 13.2 Å². The minimum atomic E-state index is -0.0714. The number of carbonyl (C=O) groups excluding carboxylic acids is 1. The number of rotatable bonds is 3. The number of likely N-dealkylation sites (tertiary alicyclic amines) is 1. The minimum Gasteiger partial charge on any atom is -0.379 e. The molecule has 0 radical (unpaired) electrons. The van der Waals surface area contributed by atoms with E-state index in [0.29, 0.717) is 0 Å². The molecule has 3 rings (SSSR count). The molecule has 0 bridgehead atoms.